The van der Waals surface area contributed by atoms with Crippen LogP contribution < -0.4 is 0 Å². The van der Waals surface area contributed by atoms with Gasteiger partial charge in [0.1, 0.15) is 0 Å². The number of aromatic nitrogens is 3. The summed E-state index contributed by atoms with van der Waals surface area (Å²) in [6, 6.07) is 10.8. The number of nitrogens with one attached hydrogen (secondary N) is 1. The number of hydrogen-bond acceptors (Lipinski definition) is 2. The van der Waals surface area contributed by atoms with Gasteiger partial charge in [0.05, 0.1) is 11.6 Å². The van der Waals surface area contributed by atoms with Crippen LogP contribution in [0.15, 0.2) is 36.5 Å². The van der Waals surface area contributed by atoms with Crippen LogP contribution in [0.25, 0.3) is 11.2 Å². The Hall–Kier alpha value is -1.94. The summed E-state index contributed by atoms with van der Waals surface area (Å²) in [4.78, 5) is 7.78. The van der Waals surface area contributed by atoms with Gasteiger partial charge in [-0.25, -0.2) is 4.98 Å². The van der Waals surface area contributed by atoms with Gasteiger partial charge in [0.25, 0.3) is 0 Å². The van der Waals surface area contributed by atoms with Gasteiger partial charge in [0.2, 0.25) is 0 Å². The van der Waals surface area contributed by atoms with Crippen LogP contribution in [0.3, 0.4) is 0 Å². The van der Waals surface area contributed by atoms with Crippen molar-refractivity contribution in [2.45, 2.75) is 26.8 Å². The highest BCUT2D eigenvalue weighted by atomic mass is 32.1. The van der Waals surface area contributed by atoms with Gasteiger partial charge in [0, 0.05) is 6.20 Å². The van der Waals surface area contributed by atoms with Crippen molar-refractivity contribution in [3.63, 3.8) is 0 Å². The predicted octanol–water partition coefficient (Wildman–Crippen LogP) is 4.32. The molecule has 0 aliphatic heterocycles. The molecule has 3 rings (SSSR count). The first-order valence-electron chi connectivity index (χ1n) is 6.69. The Labute approximate surface area is 123 Å². The molecule has 3 nitrogen and oxygen atoms in total. The second-order valence-corrected chi connectivity index (χ2v) is 5.66. The van der Waals surface area contributed by atoms with Gasteiger partial charge in [-0.1, -0.05) is 29.8 Å². The Morgan fingerprint density at radius 1 is 1.15 bits per heavy atom. The van der Waals surface area contributed by atoms with Gasteiger partial charge >= 0.3 is 0 Å². The Bertz CT molecular complexity index is 812. The molecule has 102 valence electrons. The van der Waals surface area contributed by atoms with Gasteiger partial charge < -0.3 is 4.98 Å². The summed E-state index contributed by atoms with van der Waals surface area (Å²) >= 11 is 5.47. The number of H-pyrrole nitrogens is 1. The molecule has 1 unspecified atom stereocenters. The van der Waals surface area contributed by atoms with E-state index in [-0.39, 0.29) is 6.04 Å². The summed E-state index contributed by atoms with van der Waals surface area (Å²) in [5, 5.41) is 0. The van der Waals surface area contributed by atoms with Gasteiger partial charge in [-0.2, -0.15) is 0 Å². The molecule has 2 aromatic heterocycles. The molecular formula is C16H17N3S. The fourth-order valence-electron chi connectivity index (χ4n) is 2.47. The van der Waals surface area contributed by atoms with E-state index in [0.717, 1.165) is 16.7 Å². The molecule has 20 heavy (non-hydrogen) atoms. The second kappa shape index (κ2) is 4.87. The number of aromatic amines is 1. The minimum Gasteiger partial charge on any atom is -0.329 e. The zero-order valence-electron chi connectivity index (χ0n) is 11.8. The lowest BCUT2D eigenvalue weighted by atomic mass is 10.1. The summed E-state index contributed by atoms with van der Waals surface area (Å²) in [6.45, 7) is 6.27. The SMILES string of the molecule is Cc1ccc(C(C)n2c(=S)[nH]c3cc(C)cnc32)cc1. The molecular weight excluding hydrogens is 266 g/mol. The maximum Gasteiger partial charge on any atom is 0.179 e. The Kier molecular flexibility index (Phi) is 3.18. The van der Waals surface area contributed by atoms with Crippen molar-refractivity contribution >= 4 is 23.4 Å². The van der Waals surface area contributed by atoms with Crippen molar-refractivity contribution in [2.24, 2.45) is 0 Å². The summed E-state index contributed by atoms with van der Waals surface area (Å²) in [6.07, 6.45) is 1.88. The monoisotopic (exact) mass is 283 g/mol. The molecule has 1 atom stereocenters. The zero-order valence-corrected chi connectivity index (χ0v) is 12.7. The third-order valence-corrected chi connectivity index (χ3v) is 3.94. The summed E-state index contributed by atoms with van der Waals surface area (Å²) in [5.41, 5.74) is 5.53. The molecule has 0 radical (unpaired) electrons. The number of pyridine rings is 1. The fraction of sp³-hybridized carbons (Fsp3) is 0.250. The average molecular weight is 283 g/mol. The molecule has 0 saturated heterocycles. The lowest BCUT2D eigenvalue weighted by Crippen LogP contribution is -2.07. The molecule has 0 saturated carbocycles. The van der Waals surface area contributed by atoms with E-state index in [1.54, 1.807) is 0 Å². The lowest BCUT2D eigenvalue weighted by Gasteiger charge is -2.14. The highest BCUT2D eigenvalue weighted by Gasteiger charge is 2.14. The van der Waals surface area contributed by atoms with Crippen LogP contribution in [0, 0.1) is 18.6 Å². The first kappa shape index (κ1) is 13.1. The third kappa shape index (κ3) is 2.16. The van der Waals surface area contributed by atoms with Crippen molar-refractivity contribution in [2.75, 3.05) is 0 Å². The highest BCUT2D eigenvalue weighted by molar-refractivity contribution is 7.71. The van der Waals surface area contributed by atoms with E-state index in [4.69, 9.17) is 12.2 Å². The summed E-state index contributed by atoms with van der Waals surface area (Å²) < 4.78 is 2.79. The quantitative estimate of drug-likeness (QED) is 0.711. The molecule has 0 amide bonds. The molecule has 1 N–H and O–H groups in total. The summed E-state index contributed by atoms with van der Waals surface area (Å²) in [7, 11) is 0. The van der Waals surface area contributed by atoms with Crippen LogP contribution in [0.1, 0.15) is 29.7 Å². The first-order valence-corrected chi connectivity index (χ1v) is 7.10. The van der Waals surface area contributed by atoms with E-state index in [2.05, 4.69) is 58.7 Å². The van der Waals surface area contributed by atoms with Gasteiger partial charge in [-0.05, 0) is 50.2 Å². The van der Waals surface area contributed by atoms with Crippen molar-refractivity contribution in [1.29, 1.82) is 0 Å². The highest BCUT2D eigenvalue weighted by Crippen LogP contribution is 2.23. The van der Waals surface area contributed by atoms with Crippen LogP contribution >= 0.6 is 12.2 Å². The van der Waals surface area contributed by atoms with E-state index >= 15 is 0 Å². The van der Waals surface area contributed by atoms with Crippen molar-refractivity contribution in [3.8, 4) is 0 Å². The second-order valence-electron chi connectivity index (χ2n) is 5.27. The van der Waals surface area contributed by atoms with Gasteiger partial charge in [-0.3, -0.25) is 4.57 Å². The first-order chi connectivity index (χ1) is 9.56. The third-order valence-electron chi connectivity index (χ3n) is 3.64. The van der Waals surface area contributed by atoms with Crippen LogP contribution in [0.2, 0.25) is 0 Å². The number of nitrogens with zero attached hydrogens (tertiary/aromatic N) is 2. The van der Waals surface area contributed by atoms with E-state index in [1.165, 1.54) is 11.1 Å². The van der Waals surface area contributed by atoms with E-state index in [1.807, 2.05) is 13.1 Å². The number of benzene rings is 1. The maximum atomic E-state index is 5.47. The Balaban J connectivity index is 2.16. The molecule has 0 aliphatic rings. The largest absolute Gasteiger partial charge is 0.329 e. The minimum atomic E-state index is 0.159. The maximum absolute atomic E-state index is 5.47. The molecule has 4 heteroatoms. The van der Waals surface area contributed by atoms with Crippen LogP contribution in [-0.4, -0.2) is 14.5 Å². The number of hydrogen-bond donors (Lipinski definition) is 1. The molecule has 3 aromatic rings. The number of rotatable bonds is 2. The number of imidazole rings is 1. The average Bonchev–Trinajstić information content (AvgIpc) is 2.73. The molecule has 0 bridgehead atoms. The van der Waals surface area contributed by atoms with Crippen molar-refractivity contribution in [3.05, 3.63) is 58.0 Å². The Morgan fingerprint density at radius 2 is 1.85 bits per heavy atom. The van der Waals surface area contributed by atoms with Gasteiger partial charge in [-0.15, -0.1) is 0 Å². The van der Waals surface area contributed by atoms with E-state index in [9.17, 15) is 0 Å². The van der Waals surface area contributed by atoms with E-state index in [0.29, 0.717) is 4.77 Å². The van der Waals surface area contributed by atoms with Crippen LogP contribution in [-0.2, 0) is 0 Å². The zero-order chi connectivity index (χ0) is 14.3. The normalized spacial score (nSPS) is 12.8. The smallest absolute Gasteiger partial charge is 0.179 e. The minimum absolute atomic E-state index is 0.159. The predicted molar refractivity (Wildman–Crippen MR) is 84.6 cm³/mol. The van der Waals surface area contributed by atoms with Crippen molar-refractivity contribution in [1.82, 2.24) is 14.5 Å². The number of aryl methyl sites for hydroxylation is 2. The van der Waals surface area contributed by atoms with Gasteiger partial charge in [0.15, 0.2) is 10.4 Å². The molecule has 0 spiro atoms. The fourth-order valence-corrected chi connectivity index (χ4v) is 2.83. The van der Waals surface area contributed by atoms with Crippen LogP contribution in [0.5, 0.6) is 0 Å². The topological polar surface area (TPSA) is 33.6 Å². The molecule has 0 aliphatic carbocycles. The molecule has 2 heterocycles. The molecule has 0 fully saturated rings. The summed E-state index contributed by atoms with van der Waals surface area (Å²) in [5.74, 6) is 0. The molecule has 1 aromatic carbocycles. The van der Waals surface area contributed by atoms with E-state index < -0.39 is 0 Å². The number of fused-ring (bicyclic) bond motifs is 1. The lowest BCUT2D eigenvalue weighted by molar-refractivity contribution is 0.644. The Morgan fingerprint density at radius 3 is 2.55 bits per heavy atom. The van der Waals surface area contributed by atoms with Crippen molar-refractivity contribution < 1.29 is 0 Å². The van der Waals surface area contributed by atoms with Crippen LogP contribution in [0.4, 0.5) is 0 Å². The standard InChI is InChI=1S/C16H17N3S/c1-10-4-6-13(7-5-10)12(3)19-15-14(18-16(19)20)8-11(2)9-17-15/h4-9,12H,1-3H3,(H,18,20).